The molecule has 0 N–H and O–H groups in total. The molecule has 564 valence electrons. The molecule has 0 atom stereocenters. The zero-order valence-corrected chi connectivity index (χ0v) is 67.4. The molecule has 12 heteroatoms. The molecule has 0 aliphatic carbocycles. The Kier molecular flexibility index (Phi) is 17.5. The molecule has 20 rings (SSSR count). The molecule has 0 aliphatic rings. The minimum Gasteiger partial charge on any atom is -0.308 e. The van der Waals surface area contributed by atoms with E-state index < -0.39 is 0 Å². The van der Waals surface area contributed by atoms with Crippen LogP contribution in [0.25, 0.3) is 179 Å². The van der Waals surface area contributed by atoms with Crippen LogP contribution < -0.4 is 0 Å². The number of aromatic nitrogens is 12. The molecule has 0 aliphatic heterocycles. The molecule has 0 amide bonds. The fraction of sp³-hybridized carbons (Fsp3) is 0.154. The van der Waals surface area contributed by atoms with Crippen molar-refractivity contribution in [2.24, 2.45) is 0 Å². The van der Waals surface area contributed by atoms with E-state index in [1.165, 1.54) is 54.6 Å². The van der Waals surface area contributed by atoms with E-state index in [0.29, 0.717) is 34.9 Å². The Hall–Kier alpha value is -13.8. The first-order chi connectivity index (χ1) is 56.1. The molecule has 12 aromatic carbocycles. The van der Waals surface area contributed by atoms with E-state index in [0.717, 1.165) is 111 Å². The van der Waals surface area contributed by atoms with E-state index in [2.05, 4.69) is 308 Å². The number of rotatable bonds is 10. The standard InChI is InChI=1S/C60H60N6.C44H28N6/c1-57(2,3)39-23-27-49-44(31-39)45-32-40(58(4,5)6)24-28-50(45)65(49)43-35-48(55-63-53(37-19-15-13-16-20-37)62-54(64-55)38-21-17-14-18-22-38)56(61-36-43)66-51-29-25-41(59(7,8)9)33-46(51)47-34-42(60(10,11)12)26-30-52(47)66;1-3-15-29(16-4-1)41-46-42(30-17-5-2-6-18-30)48-43(47-41)36-27-31(49-37-23-11-7-19-32(37)33-20-8-12-24-38(33)49)28-45-44(36)50-39-25-13-9-21-34(39)35-22-10-14-26-40(35)50/h13-36H,1-12H3;1-28H. The number of hydrogen-bond acceptors (Lipinski definition) is 8. The van der Waals surface area contributed by atoms with Gasteiger partial charge in [-0.2, -0.15) is 0 Å². The van der Waals surface area contributed by atoms with Crippen LogP contribution in [0.4, 0.5) is 0 Å². The topological polar surface area (TPSA) is 123 Å². The third-order valence-electron chi connectivity index (χ3n) is 22.7. The summed E-state index contributed by atoms with van der Waals surface area (Å²) in [5, 5.41) is 9.52. The lowest BCUT2D eigenvalue weighted by atomic mass is 9.85. The summed E-state index contributed by atoms with van der Waals surface area (Å²) >= 11 is 0. The zero-order chi connectivity index (χ0) is 79.5. The predicted molar refractivity (Wildman–Crippen MR) is 480 cm³/mol. The van der Waals surface area contributed by atoms with Crippen LogP contribution in [0.3, 0.4) is 0 Å². The Bertz CT molecular complexity index is 6860. The molecule has 20 aromatic rings. The van der Waals surface area contributed by atoms with Gasteiger partial charge in [0.25, 0.3) is 0 Å². The highest BCUT2D eigenvalue weighted by Gasteiger charge is 2.29. The van der Waals surface area contributed by atoms with Crippen molar-refractivity contribution in [1.29, 1.82) is 0 Å². The number of fused-ring (bicyclic) bond motifs is 12. The lowest BCUT2D eigenvalue weighted by Gasteiger charge is -2.20. The van der Waals surface area contributed by atoms with Gasteiger partial charge in [0.2, 0.25) is 0 Å². The molecular weight excluding hydrogens is 1420 g/mol. The highest BCUT2D eigenvalue weighted by Crippen LogP contribution is 2.45. The average molecular weight is 1510 g/mol. The van der Waals surface area contributed by atoms with E-state index in [-0.39, 0.29) is 21.7 Å². The summed E-state index contributed by atoms with van der Waals surface area (Å²) < 4.78 is 9.23. The quantitative estimate of drug-likeness (QED) is 0.133. The second-order valence-corrected chi connectivity index (χ2v) is 34.5. The van der Waals surface area contributed by atoms with Crippen molar-refractivity contribution in [3.8, 4) is 91.3 Å². The second-order valence-electron chi connectivity index (χ2n) is 34.5. The van der Waals surface area contributed by atoms with Gasteiger partial charge in [0, 0.05) is 65.3 Å². The molecule has 0 saturated heterocycles. The van der Waals surface area contributed by atoms with Crippen LogP contribution in [0.5, 0.6) is 0 Å². The Morgan fingerprint density at radius 2 is 0.414 bits per heavy atom. The Morgan fingerprint density at radius 3 is 0.672 bits per heavy atom. The second kappa shape index (κ2) is 28.1. The zero-order valence-electron chi connectivity index (χ0n) is 67.4. The fourth-order valence-electron chi connectivity index (χ4n) is 16.5. The molecular formula is C104H88N12. The molecule has 0 spiro atoms. The van der Waals surface area contributed by atoms with Gasteiger partial charge in [-0.3, -0.25) is 9.13 Å². The highest BCUT2D eigenvalue weighted by molar-refractivity contribution is 6.13. The van der Waals surface area contributed by atoms with Crippen molar-refractivity contribution in [2.75, 3.05) is 0 Å². The summed E-state index contributed by atoms with van der Waals surface area (Å²) in [5.41, 5.74) is 20.9. The molecule has 8 aromatic heterocycles. The summed E-state index contributed by atoms with van der Waals surface area (Å²) in [5.74, 6) is 5.00. The van der Waals surface area contributed by atoms with Gasteiger partial charge < -0.3 is 9.13 Å². The smallest absolute Gasteiger partial charge is 0.167 e. The maximum Gasteiger partial charge on any atom is 0.167 e. The summed E-state index contributed by atoms with van der Waals surface area (Å²) in [6.45, 7) is 27.4. The molecule has 8 heterocycles. The predicted octanol–water partition coefficient (Wildman–Crippen LogP) is 26.1. The highest BCUT2D eigenvalue weighted by atomic mass is 15.1. The van der Waals surface area contributed by atoms with Gasteiger partial charge in [-0.25, -0.2) is 39.9 Å². The lowest BCUT2D eigenvalue weighted by Crippen LogP contribution is -2.11. The number of nitrogens with zero attached hydrogens (tertiary/aromatic N) is 12. The molecule has 0 bridgehead atoms. The van der Waals surface area contributed by atoms with Crippen LogP contribution in [0, 0.1) is 0 Å². The van der Waals surface area contributed by atoms with Gasteiger partial charge in [-0.15, -0.1) is 0 Å². The van der Waals surface area contributed by atoms with Gasteiger partial charge >= 0.3 is 0 Å². The van der Waals surface area contributed by atoms with Crippen molar-refractivity contribution < 1.29 is 0 Å². The van der Waals surface area contributed by atoms with Crippen LogP contribution >= 0.6 is 0 Å². The lowest BCUT2D eigenvalue weighted by molar-refractivity contribution is 0.590. The number of para-hydroxylation sites is 4. The van der Waals surface area contributed by atoms with Crippen molar-refractivity contribution >= 4 is 87.2 Å². The minimum atomic E-state index is -0.0362. The molecule has 116 heavy (non-hydrogen) atoms. The molecule has 0 radical (unpaired) electrons. The molecule has 12 nitrogen and oxygen atoms in total. The Morgan fingerprint density at radius 1 is 0.198 bits per heavy atom. The number of pyridine rings is 2. The van der Waals surface area contributed by atoms with Gasteiger partial charge in [-0.1, -0.05) is 301 Å². The van der Waals surface area contributed by atoms with Gasteiger partial charge in [0.15, 0.2) is 34.9 Å². The first-order valence-electron chi connectivity index (χ1n) is 40.0. The van der Waals surface area contributed by atoms with Gasteiger partial charge in [0.1, 0.15) is 11.6 Å². The SMILES string of the molecule is CC(C)(C)c1ccc2c(c1)c1cc(C(C)(C)C)ccc1n2-c1cnc(-n2c3ccc(C(C)(C)C)cc3c3cc(C(C)(C)C)ccc32)c(-c2nc(-c3ccccc3)nc(-c3ccccc3)n2)c1.c1ccc(-c2nc(-c3ccccc3)nc(-c3cc(-n4c5ccccc5c5ccccc54)cnc3-n3c4ccccc4c4ccccc43)n2)cc1. The van der Waals surface area contributed by atoms with Crippen molar-refractivity contribution in [3.05, 3.63) is 338 Å². The minimum absolute atomic E-state index is 0.0180. The monoisotopic (exact) mass is 1500 g/mol. The first kappa shape index (κ1) is 72.4. The van der Waals surface area contributed by atoms with E-state index in [1.807, 2.05) is 109 Å². The third-order valence-corrected chi connectivity index (χ3v) is 22.7. The summed E-state index contributed by atoms with van der Waals surface area (Å²) in [7, 11) is 0. The maximum atomic E-state index is 5.57. The molecule has 0 fully saturated rings. The third kappa shape index (κ3) is 12.9. The number of hydrogen-bond donors (Lipinski definition) is 0. The summed E-state index contributed by atoms with van der Waals surface area (Å²) in [6.07, 6.45) is 4.01. The normalized spacial score (nSPS) is 12.3. The van der Waals surface area contributed by atoms with E-state index in [4.69, 9.17) is 39.9 Å². The first-order valence-corrected chi connectivity index (χ1v) is 40.0. The van der Waals surface area contributed by atoms with Crippen molar-refractivity contribution in [2.45, 2.75) is 105 Å². The summed E-state index contributed by atoms with van der Waals surface area (Å²) in [6, 6.07) is 107. The Labute approximate surface area is 675 Å². The largest absolute Gasteiger partial charge is 0.308 e. The van der Waals surface area contributed by atoms with Gasteiger partial charge in [-0.05, 0) is 129 Å². The fourth-order valence-corrected chi connectivity index (χ4v) is 16.5. The molecule has 0 unspecified atom stereocenters. The van der Waals surface area contributed by atoms with Crippen molar-refractivity contribution in [3.63, 3.8) is 0 Å². The maximum absolute atomic E-state index is 5.57. The van der Waals surface area contributed by atoms with Crippen LogP contribution in [0.2, 0.25) is 0 Å². The average Bonchev–Trinajstić information content (AvgIpc) is 1.56. The van der Waals surface area contributed by atoms with Gasteiger partial charge in [0.05, 0.1) is 79.0 Å². The van der Waals surface area contributed by atoms with Crippen LogP contribution in [0.1, 0.15) is 105 Å². The molecule has 0 saturated carbocycles. The van der Waals surface area contributed by atoms with E-state index in [1.54, 1.807) is 0 Å². The Balaban J connectivity index is 0.000000160. The van der Waals surface area contributed by atoms with Crippen molar-refractivity contribution in [1.82, 2.24) is 58.1 Å². The van der Waals surface area contributed by atoms with Crippen LogP contribution in [0.15, 0.2) is 316 Å². The van der Waals surface area contributed by atoms with Crippen LogP contribution in [-0.2, 0) is 21.7 Å². The van der Waals surface area contributed by atoms with E-state index in [9.17, 15) is 0 Å². The number of benzene rings is 12. The summed E-state index contributed by atoms with van der Waals surface area (Å²) in [4.78, 5) is 42.1. The van der Waals surface area contributed by atoms with Crippen LogP contribution in [-0.4, -0.2) is 58.1 Å². The van der Waals surface area contributed by atoms with E-state index >= 15 is 0 Å².